The third-order valence-corrected chi connectivity index (χ3v) is 8.43. The van der Waals surface area contributed by atoms with Gasteiger partial charge < -0.3 is 9.80 Å². The molecule has 0 saturated heterocycles. The Kier molecular flexibility index (Phi) is 8.11. The van der Waals surface area contributed by atoms with E-state index in [1.807, 2.05) is 13.0 Å². The summed E-state index contributed by atoms with van der Waals surface area (Å²) in [5.41, 5.74) is 9.55. The number of rotatable bonds is 8. The van der Waals surface area contributed by atoms with E-state index in [2.05, 4.69) is 186 Å². The van der Waals surface area contributed by atoms with Crippen LogP contribution in [0.2, 0.25) is 0 Å². The van der Waals surface area contributed by atoms with Gasteiger partial charge in [-0.1, -0.05) is 115 Å². The maximum absolute atomic E-state index is 2.41. The first-order valence-corrected chi connectivity index (χ1v) is 15.7. The van der Waals surface area contributed by atoms with E-state index in [0.717, 1.165) is 29.0 Å². The molecule has 0 radical (unpaired) electrons. The van der Waals surface area contributed by atoms with Crippen LogP contribution in [-0.4, -0.2) is 0 Å². The van der Waals surface area contributed by atoms with Crippen LogP contribution in [0, 0.1) is 5.92 Å². The fourth-order valence-corrected chi connectivity index (χ4v) is 6.24. The Morgan fingerprint density at radius 3 is 1.93 bits per heavy atom. The van der Waals surface area contributed by atoms with Gasteiger partial charge in [0.25, 0.3) is 0 Å². The summed E-state index contributed by atoms with van der Waals surface area (Å²) in [4.78, 5) is 4.75. The fraction of sp³-hybridized carbons (Fsp3) is 0.0698. The summed E-state index contributed by atoms with van der Waals surface area (Å²) in [6, 6.07) is 43.7. The van der Waals surface area contributed by atoms with E-state index in [1.165, 1.54) is 33.4 Å². The van der Waals surface area contributed by atoms with Gasteiger partial charge in [-0.05, 0) is 102 Å². The Labute approximate surface area is 266 Å². The lowest BCUT2D eigenvalue weighted by atomic mass is 9.86. The fourth-order valence-electron chi connectivity index (χ4n) is 6.24. The SMILES string of the molecule is C/C=C\C=C/c1cccc(N(c2ccccc2)c2ccc3cc(N(C4=CC=C5C=CC=CC5C4)c4ccccc4)ccc3c2)c1. The molecule has 5 aromatic rings. The van der Waals surface area contributed by atoms with E-state index in [1.54, 1.807) is 0 Å². The number of hydrogen-bond acceptors (Lipinski definition) is 2. The molecule has 0 spiro atoms. The molecular formula is C43H36N2. The molecule has 2 aliphatic carbocycles. The molecule has 1 unspecified atom stereocenters. The van der Waals surface area contributed by atoms with Crippen molar-refractivity contribution in [3.63, 3.8) is 0 Å². The molecule has 45 heavy (non-hydrogen) atoms. The quantitative estimate of drug-likeness (QED) is 0.168. The topological polar surface area (TPSA) is 6.48 Å². The normalized spacial score (nSPS) is 15.7. The zero-order valence-corrected chi connectivity index (χ0v) is 25.5. The smallest absolute Gasteiger partial charge is 0.0468 e. The molecule has 0 aliphatic heterocycles. The number of hydrogen-bond donors (Lipinski definition) is 0. The van der Waals surface area contributed by atoms with Crippen LogP contribution in [0.25, 0.3) is 16.8 Å². The largest absolute Gasteiger partial charge is 0.314 e. The lowest BCUT2D eigenvalue weighted by Gasteiger charge is -2.32. The highest BCUT2D eigenvalue weighted by Crippen LogP contribution is 2.40. The van der Waals surface area contributed by atoms with Gasteiger partial charge in [-0.2, -0.15) is 0 Å². The number of fused-ring (bicyclic) bond motifs is 2. The predicted molar refractivity (Wildman–Crippen MR) is 194 cm³/mol. The molecule has 0 bridgehead atoms. The summed E-state index contributed by atoms with van der Waals surface area (Å²) in [5, 5.41) is 2.41. The van der Waals surface area contributed by atoms with Crippen molar-refractivity contribution in [3.8, 4) is 0 Å². The highest BCUT2D eigenvalue weighted by atomic mass is 15.2. The second-order valence-electron chi connectivity index (χ2n) is 11.4. The van der Waals surface area contributed by atoms with Gasteiger partial charge in [0.1, 0.15) is 0 Å². The van der Waals surface area contributed by atoms with E-state index < -0.39 is 0 Å². The number of benzene rings is 5. The van der Waals surface area contributed by atoms with Crippen LogP contribution in [0.5, 0.6) is 0 Å². The second kappa shape index (κ2) is 13.0. The maximum atomic E-state index is 2.41. The Bertz CT molecular complexity index is 1990. The minimum atomic E-state index is 0.408. The molecule has 0 heterocycles. The van der Waals surface area contributed by atoms with Gasteiger partial charge in [0, 0.05) is 40.1 Å². The molecule has 2 aliphatic rings. The van der Waals surface area contributed by atoms with Crippen LogP contribution in [0.4, 0.5) is 28.4 Å². The van der Waals surface area contributed by atoms with Gasteiger partial charge in [-0.3, -0.25) is 0 Å². The van der Waals surface area contributed by atoms with Crippen molar-refractivity contribution in [3.05, 3.63) is 193 Å². The van der Waals surface area contributed by atoms with E-state index in [-0.39, 0.29) is 0 Å². The zero-order valence-electron chi connectivity index (χ0n) is 25.5. The lowest BCUT2D eigenvalue weighted by molar-refractivity contribution is 0.732. The molecule has 1 atom stereocenters. The monoisotopic (exact) mass is 580 g/mol. The predicted octanol–water partition coefficient (Wildman–Crippen LogP) is 12.0. The summed E-state index contributed by atoms with van der Waals surface area (Å²) in [7, 11) is 0. The van der Waals surface area contributed by atoms with Crippen molar-refractivity contribution in [2.24, 2.45) is 5.92 Å². The van der Waals surface area contributed by atoms with E-state index in [0.29, 0.717) is 5.92 Å². The first kappa shape index (κ1) is 28.2. The molecule has 7 rings (SSSR count). The molecule has 0 aromatic heterocycles. The Morgan fingerprint density at radius 2 is 1.22 bits per heavy atom. The van der Waals surface area contributed by atoms with Crippen LogP contribution in [0.3, 0.4) is 0 Å². The average molecular weight is 581 g/mol. The standard InChI is InChI=1S/C43H36N2/c1-2-3-6-14-33-15-13-22-40(29-33)44(38-18-7-4-8-19-38)42-27-24-37-32-43(28-25-36(37)31-42)45(39-20-9-5-10-21-39)41-26-23-34-16-11-12-17-35(34)30-41/h2-29,31-32,35H,30H2,1H3/b3-2-,14-6-. The summed E-state index contributed by atoms with van der Waals surface area (Å²) >= 11 is 0. The van der Waals surface area contributed by atoms with Gasteiger partial charge in [0.15, 0.2) is 0 Å². The molecule has 0 saturated carbocycles. The van der Waals surface area contributed by atoms with E-state index in [9.17, 15) is 0 Å². The molecular weight excluding hydrogens is 544 g/mol. The van der Waals surface area contributed by atoms with Crippen molar-refractivity contribution >= 4 is 45.3 Å². The van der Waals surface area contributed by atoms with Crippen molar-refractivity contribution in [1.82, 2.24) is 0 Å². The van der Waals surface area contributed by atoms with Crippen LogP contribution in [-0.2, 0) is 0 Å². The van der Waals surface area contributed by atoms with E-state index in [4.69, 9.17) is 0 Å². The molecule has 0 fully saturated rings. The molecule has 0 N–H and O–H groups in total. The highest BCUT2D eigenvalue weighted by Gasteiger charge is 2.23. The van der Waals surface area contributed by atoms with Crippen molar-refractivity contribution in [1.29, 1.82) is 0 Å². The first-order valence-electron chi connectivity index (χ1n) is 15.7. The maximum Gasteiger partial charge on any atom is 0.0468 e. The molecule has 5 aromatic carbocycles. The van der Waals surface area contributed by atoms with Crippen LogP contribution in [0.15, 0.2) is 187 Å². The summed E-state index contributed by atoms with van der Waals surface area (Å²) in [6.45, 7) is 2.03. The van der Waals surface area contributed by atoms with Gasteiger partial charge in [-0.25, -0.2) is 0 Å². The molecule has 2 nitrogen and oxygen atoms in total. The Hall–Kier alpha value is -5.60. The van der Waals surface area contributed by atoms with Crippen LogP contribution in [0.1, 0.15) is 18.9 Å². The first-order chi connectivity index (χ1) is 22.3. The summed E-state index contributed by atoms with van der Waals surface area (Å²) < 4.78 is 0. The van der Waals surface area contributed by atoms with Crippen molar-refractivity contribution in [2.75, 3.05) is 9.80 Å². The van der Waals surface area contributed by atoms with Gasteiger partial charge >= 0.3 is 0 Å². The number of anilines is 5. The van der Waals surface area contributed by atoms with Crippen molar-refractivity contribution in [2.45, 2.75) is 13.3 Å². The molecule has 0 amide bonds. The molecule has 2 heteroatoms. The van der Waals surface area contributed by atoms with Crippen molar-refractivity contribution < 1.29 is 0 Å². The van der Waals surface area contributed by atoms with Gasteiger partial charge in [-0.15, -0.1) is 0 Å². The minimum Gasteiger partial charge on any atom is -0.314 e. The lowest BCUT2D eigenvalue weighted by Crippen LogP contribution is -2.21. The number of nitrogens with zero attached hydrogens (tertiary/aromatic N) is 2. The molecule has 218 valence electrons. The van der Waals surface area contributed by atoms with E-state index >= 15 is 0 Å². The number of para-hydroxylation sites is 2. The zero-order chi connectivity index (χ0) is 30.4. The number of allylic oxidation sites excluding steroid dienone is 11. The van der Waals surface area contributed by atoms with Gasteiger partial charge in [0.05, 0.1) is 0 Å². The Balaban J connectivity index is 1.28. The van der Waals surface area contributed by atoms with Gasteiger partial charge in [0.2, 0.25) is 0 Å². The second-order valence-corrected chi connectivity index (χ2v) is 11.4. The third kappa shape index (κ3) is 6.09. The minimum absolute atomic E-state index is 0.408. The summed E-state index contributed by atoms with van der Waals surface area (Å²) in [5.74, 6) is 0.408. The van der Waals surface area contributed by atoms with Crippen LogP contribution < -0.4 is 9.80 Å². The Morgan fingerprint density at radius 1 is 0.578 bits per heavy atom. The highest BCUT2D eigenvalue weighted by molar-refractivity contribution is 5.92. The average Bonchev–Trinajstić information content (AvgIpc) is 3.10. The third-order valence-electron chi connectivity index (χ3n) is 8.43. The summed E-state index contributed by atoms with van der Waals surface area (Å²) in [6.07, 6.45) is 22.7. The van der Waals surface area contributed by atoms with Crippen LogP contribution >= 0.6 is 0 Å².